The number of amides is 2. The number of aryl methyl sites for hydroxylation is 1. The third-order valence-electron chi connectivity index (χ3n) is 7.85. The van der Waals surface area contributed by atoms with Crippen molar-refractivity contribution in [3.05, 3.63) is 77.9 Å². The fraction of sp³-hybridized carbons (Fsp3) is 0.333. The third kappa shape index (κ3) is 5.59. The highest BCUT2D eigenvalue weighted by molar-refractivity contribution is 7.89. The number of benzene rings is 3. The SMILES string of the molecule is Cc1ccc(C[C@H]2C(=O)N(CCC(=O)O)C[C@H]3N2C(=O)[C@H](CCC(=O)O)N3S(=O)(=O)c2ccc3ccccc3c2)cc1. The molecule has 0 radical (unpaired) electrons. The molecule has 2 heterocycles. The summed E-state index contributed by atoms with van der Waals surface area (Å²) in [5, 5.41) is 20.2. The number of hydrogen-bond donors (Lipinski definition) is 2. The molecule has 0 aliphatic carbocycles. The summed E-state index contributed by atoms with van der Waals surface area (Å²) in [5.74, 6) is -3.44. The van der Waals surface area contributed by atoms with Crippen molar-refractivity contribution < 1.29 is 37.8 Å². The summed E-state index contributed by atoms with van der Waals surface area (Å²) >= 11 is 0. The summed E-state index contributed by atoms with van der Waals surface area (Å²) in [5.41, 5.74) is 1.73. The fourth-order valence-corrected chi connectivity index (χ4v) is 7.54. The van der Waals surface area contributed by atoms with Gasteiger partial charge in [0.25, 0.3) is 0 Å². The van der Waals surface area contributed by atoms with Crippen LogP contribution in [-0.2, 0) is 35.6 Å². The summed E-state index contributed by atoms with van der Waals surface area (Å²) < 4.78 is 29.6. The Morgan fingerprint density at radius 1 is 0.857 bits per heavy atom. The van der Waals surface area contributed by atoms with Gasteiger partial charge < -0.3 is 20.0 Å². The molecule has 2 aliphatic rings. The van der Waals surface area contributed by atoms with Crippen LogP contribution in [0.4, 0.5) is 0 Å². The Hall–Kier alpha value is -4.29. The lowest BCUT2D eigenvalue weighted by Crippen LogP contribution is -2.64. The third-order valence-corrected chi connectivity index (χ3v) is 9.75. The summed E-state index contributed by atoms with van der Waals surface area (Å²) in [6.07, 6.45) is -2.16. The van der Waals surface area contributed by atoms with Crippen LogP contribution in [0.15, 0.2) is 71.6 Å². The largest absolute Gasteiger partial charge is 0.481 e. The fourth-order valence-electron chi connectivity index (χ4n) is 5.76. The van der Waals surface area contributed by atoms with Gasteiger partial charge in [-0.15, -0.1) is 0 Å². The van der Waals surface area contributed by atoms with Crippen LogP contribution in [0.3, 0.4) is 0 Å². The van der Waals surface area contributed by atoms with E-state index in [4.69, 9.17) is 0 Å². The molecule has 220 valence electrons. The highest BCUT2D eigenvalue weighted by Gasteiger charge is 2.58. The summed E-state index contributed by atoms with van der Waals surface area (Å²) in [4.78, 5) is 53.1. The van der Waals surface area contributed by atoms with E-state index in [2.05, 4.69) is 0 Å². The maximum absolute atomic E-state index is 14.3. The Balaban J connectivity index is 1.60. The number of carbonyl (C=O) groups is 4. The predicted octanol–water partition coefficient (Wildman–Crippen LogP) is 2.47. The number of carboxylic acids is 2. The average Bonchev–Trinajstić information content (AvgIpc) is 3.24. The maximum Gasteiger partial charge on any atom is 0.305 e. The zero-order valence-corrected chi connectivity index (χ0v) is 23.7. The van der Waals surface area contributed by atoms with Crippen LogP contribution in [0.5, 0.6) is 0 Å². The Kier molecular flexibility index (Phi) is 8.02. The highest BCUT2D eigenvalue weighted by atomic mass is 32.2. The van der Waals surface area contributed by atoms with Crippen LogP contribution < -0.4 is 0 Å². The highest BCUT2D eigenvalue weighted by Crippen LogP contribution is 2.37. The van der Waals surface area contributed by atoms with E-state index in [1.807, 2.05) is 43.3 Å². The summed E-state index contributed by atoms with van der Waals surface area (Å²) in [6, 6.07) is 16.7. The number of carbonyl (C=O) groups excluding carboxylic acids is 2. The molecular weight excluding hydrogens is 562 g/mol. The van der Waals surface area contributed by atoms with E-state index in [1.54, 1.807) is 18.2 Å². The van der Waals surface area contributed by atoms with Crippen LogP contribution in [-0.4, -0.2) is 87.8 Å². The van der Waals surface area contributed by atoms with E-state index in [-0.39, 0.29) is 37.2 Å². The van der Waals surface area contributed by atoms with Gasteiger partial charge in [-0.25, -0.2) is 8.42 Å². The van der Waals surface area contributed by atoms with Crippen molar-refractivity contribution in [2.45, 2.75) is 55.8 Å². The van der Waals surface area contributed by atoms with E-state index in [0.717, 1.165) is 20.8 Å². The summed E-state index contributed by atoms with van der Waals surface area (Å²) in [6.45, 7) is 1.51. The second kappa shape index (κ2) is 11.5. The van der Waals surface area contributed by atoms with Crippen LogP contribution in [0.2, 0.25) is 0 Å². The van der Waals surface area contributed by atoms with Crippen LogP contribution in [0.1, 0.15) is 30.4 Å². The van der Waals surface area contributed by atoms with Gasteiger partial charge in [-0.05, 0) is 41.8 Å². The molecule has 12 heteroatoms. The van der Waals surface area contributed by atoms with Gasteiger partial charge >= 0.3 is 11.9 Å². The van der Waals surface area contributed by atoms with E-state index >= 15 is 0 Å². The number of aliphatic carboxylic acids is 2. The molecular formula is C30H31N3O8S. The monoisotopic (exact) mass is 593 g/mol. The maximum atomic E-state index is 14.3. The predicted molar refractivity (Wildman–Crippen MR) is 152 cm³/mol. The van der Waals surface area contributed by atoms with Crippen molar-refractivity contribution in [3.8, 4) is 0 Å². The van der Waals surface area contributed by atoms with Gasteiger partial charge in [-0.3, -0.25) is 19.2 Å². The molecule has 2 amide bonds. The minimum Gasteiger partial charge on any atom is -0.481 e. The van der Waals surface area contributed by atoms with E-state index in [9.17, 15) is 37.8 Å². The molecule has 0 unspecified atom stereocenters. The van der Waals surface area contributed by atoms with Gasteiger partial charge in [0.15, 0.2) is 0 Å². The number of hydrogen-bond acceptors (Lipinski definition) is 6. The molecule has 3 aromatic carbocycles. The Morgan fingerprint density at radius 3 is 2.19 bits per heavy atom. The van der Waals surface area contributed by atoms with Crippen molar-refractivity contribution >= 4 is 44.5 Å². The Morgan fingerprint density at radius 2 is 1.52 bits per heavy atom. The number of piperazine rings is 1. The van der Waals surface area contributed by atoms with Crippen molar-refractivity contribution in [3.63, 3.8) is 0 Å². The first-order valence-electron chi connectivity index (χ1n) is 13.6. The molecule has 2 N–H and O–H groups in total. The first-order valence-corrected chi connectivity index (χ1v) is 15.0. The van der Waals surface area contributed by atoms with E-state index in [1.165, 1.54) is 21.9 Å². The Bertz CT molecular complexity index is 1660. The lowest BCUT2D eigenvalue weighted by atomic mass is 9.99. The van der Waals surface area contributed by atoms with Crippen LogP contribution in [0, 0.1) is 6.92 Å². The zero-order chi connectivity index (χ0) is 30.2. The second-order valence-corrected chi connectivity index (χ2v) is 12.5. The number of nitrogens with zero attached hydrogens (tertiary/aromatic N) is 3. The first kappa shape index (κ1) is 29.2. The average molecular weight is 594 g/mol. The van der Waals surface area contributed by atoms with Crippen LogP contribution >= 0.6 is 0 Å². The molecule has 2 aliphatic heterocycles. The topological polar surface area (TPSA) is 153 Å². The summed E-state index contributed by atoms with van der Waals surface area (Å²) in [7, 11) is -4.38. The lowest BCUT2D eigenvalue weighted by Gasteiger charge is -2.44. The van der Waals surface area contributed by atoms with E-state index in [0.29, 0.717) is 5.39 Å². The molecule has 3 aromatic rings. The molecule has 0 aromatic heterocycles. The van der Waals surface area contributed by atoms with Crippen molar-refractivity contribution in [2.75, 3.05) is 13.1 Å². The zero-order valence-electron chi connectivity index (χ0n) is 22.9. The smallest absolute Gasteiger partial charge is 0.305 e. The molecule has 2 saturated heterocycles. The molecule has 2 fully saturated rings. The number of fused-ring (bicyclic) bond motifs is 2. The van der Waals surface area contributed by atoms with Gasteiger partial charge in [0.1, 0.15) is 18.2 Å². The van der Waals surface area contributed by atoms with Crippen molar-refractivity contribution in [2.24, 2.45) is 0 Å². The van der Waals surface area contributed by atoms with Crippen molar-refractivity contribution in [1.29, 1.82) is 0 Å². The number of sulfonamides is 1. The van der Waals surface area contributed by atoms with Gasteiger partial charge in [-0.2, -0.15) is 4.31 Å². The second-order valence-electron chi connectivity index (χ2n) is 10.7. The number of rotatable bonds is 10. The normalized spacial score (nSPS) is 21.1. The lowest BCUT2D eigenvalue weighted by molar-refractivity contribution is -0.153. The molecule has 3 atom stereocenters. The van der Waals surface area contributed by atoms with Gasteiger partial charge in [0.2, 0.25) is 21.8 Å². The molecule has 5 rings (SSSR count). The molecule has 0 spiro atoms. The molecule has 0 saturated carbocycles. The minimum atomic E-state index is -4.38. The van der Waals surface area contributed by atoms with Crippen molar-refractivity contribution in [1.82, 2.24) is 14.1 Å². The van der Waals surface area contributed by atoms with Gasteiger partial charge in [0.05, 0.1) is 17.9 Å². The minimum absolute atomic E-state index is 0.0692. The van der Waals surface area contributed by atoms with E-state index < -0.39 is 58.4 Å². The van der Waals surface area contributed by atoms with Gasteiger partial charge in [0, 0.05) is 19.4 Å². The van der Waals surface area contributed by atoms with Crippen LogP contribution in [0.25, 0.3) is 10.8 Å². The number of carboxylic acid groups (broad SMARTS) is 2. The first-order chi connectivity index (χ1) is 20.0. The standard InChI is InChI=1S/C30H31N3O8S/c1-19-6-8-20(9-7-19)16-25-29(38)31(15-14-28(36)37)18-26-32(25)30(39)24(12-13-27(34)35)33(26)42(40,41)23-11-10-21-4-2-3-5-22(21)17-23/h2-11,17,24-26H,12-16,18H2,1H3,(H,34,35)(H,36,37)/t24-,25-,26-/m0/s1. The quantitative estimate of drug-likeness (QED) is 0.364. The molecule has 42 heavy (non-hydrogen) atoms. The van der Waals surface area contributed by atoms with Gasteiger partial charge in [-0.1, -0.05) is 60.2 Å². The molecule has 0 bridgehead atoms. The molecule has 11 nitrogen and oxygen atoms in total. The Labute approximate surface area is 243 Å².